The third kappa shape index (κ3) is 5.07. The number of rotatable bonds is 7. The van der Waals surface area contributed by atoms with Crippen molar-refractivity contribution in [3.63, 3.8) is 0 Å². The molecule has 1 heterocycles. The molecule has 0 aromatic heterocycles. The van der Waals surface area contributed by atoms with Crippen molar-refractivity contribution < 1.29 is 9.90 Å². The minimum Gasteiger partial charge on any atom is -0.481 e. The highest BCUT2D eigenvalue weighted by atomic mass is 16.4. The Hall–Kier alpha value is -0.570. The van der Waals surface area contributed by atoms with E-state index in [1.165, 1.54) is 32.2 Å². The Kier molecular flexibility index (Phi) is 6.56. The zero-order valence-electron chi connectivity index (χ0n) is 11.3. The molecule has 0 aliphatic carbocycles. The van der Waals surface area contributed by atoms with Crippen molar-refractivity contribution in [1.29, 1.82) is 0 Å². The Balaban J connectivity index is 2.26. The standard InChI is InChI=1S/C14H27NO2/c1-3-5-6-12(4-2)11-15-9-7-13(8-10-15)14(16)17/h12-13H,3-11H2,1-2H3,(H,16,17). The van der Waals surface area contributed by atoms with Crippen molar-refractivity contribution in [3.8, 4) is 0 Å². The highest BCUT2D eigenvalue weighted by Crippen LogP contribution is 2.21. The van der Waals surface area contributed by atoms with Crippen molar-refractivity contribution in [2.24, 2.45) is 11.8 Å². The maximum Gasteiger partial charge on any atom is 0.306 e. The fourth-order valence-corrected chi connectivity index (χ4v) is 2.64. The molecule has 0 spiro atoms. The van der Waals surface area contributed by atoms with E-state index >= 15 is 0 Å². The Bertz CT molecular complexity index is 222. The van der Waals surface area contributed by atoms with Gasteiger partial charge in [0.2, 0.25) is 0 Å². The number of piperidine rings is 1. The van der Waals surface area contributed by atoms with Gasteiger partial charge in [-0.2, -0.15) is 0 Å². The Morgan fingerprint density at radius 2 is 2.00 bits per heavy atom. The topological polar surface area (TPSA) is 40.5 Å². The van der Waals surface area contributed by atoms with Gasteiger partial charge in [0.05, 0.1) is 5.92 Å². The fraction of sp³-hybridized carbons (Fsp3) is 0.929. The van der Waals surface area contributed by atoms with Gasteiger partial charge in [-0.05, 0) is 38.3 Å². The van der Waals surface area contributed by atoms with Gasteiger partial charge in [0.25, 0.3) is 0 Å². The van der Waals surface area contributed by atoms with Crippen LogP contribution in [0.4, 0.5) is 0 Å². The molecule has 0 aromatic rings. The maximum atomic E-state index is 10.9. The van der Waals surface area contributed by atoms with Crippen LogP contribution in [0.3, 0.4) is 0 Å². The maximum absolute atomic E-state index is 10.9. The fourth-order valence-electron chi connectivity index (χ4n) is 2.64. The number of nitrogens with zero attached hydrogens (tertiary/aromatic N) is 1. The monoisotopic (exact) mass is 241 g/mol. The summed E-state index contributed by atoms with van der Waals surface area (Å²) >= 11 is 0. The number of unbranched alkanes of at least 4 members (excludes halogenated alkanes) is 1. The van der Waals surface area contributed by atoms with Gasteiger partial charge in [-0.25, -0.2) is 0 Å². The zero-order valence-corrected chi connectivity index (χ0v) is 11.3. The lowest BCUT2D eigenvalue weighted by Crippen LogP contribution is -2.39. The summed E-state index contributed by atoms with van der Waals surface area (Å²) in [6.45, 7) is 7.62. The zero-order chi connectivity index (χ0) is 12.7. The van der Waals surface area contributed by atoms with E-state index in [-0.39, 0.29) is 5.92 Å². The normalized spacial score (nSPS) is 20.4. The molecule has 0 aromatic carbocycles. The summed E-state index contributed by atoms with van der Waals surface area (Å²) in [6, 6.07) is 0. The molecular formula is C14H27NO2. The Morgan fingerprint density at radius 3 is 2.47 bits per heavy atom. The van der Waals surface area contributed by atoms with Gasteiger partial charge in [0.15, 0.2) is 0 Å². The molecule has 0 radical (unpaired) electrons. The van der Waals surface area contributed by atoms with Crippen LogP contribution in [-0.4, -0.2) is 35.6 Å². The number of carbonyl (C=O) groups is 1. The van der Waals surface area contributed by atoms with Crippen LogP contribution in [0, 0.1) is 11.8 Å². The van der Waals surface area contributed by atoms with Crippen molar-refractivity contribution in [2.45, 2.75) is 52.4 Å². The Labute approximate surface area is 105 Å². The number of aliphatic carboxylic acids is 1. The SMILES string of the molecule is CCCCC(CC)CN1CCC(C(=O)O)CC1. The predicted octanol–water partition coefficient (Wildman–Crippen LogP) is 3.00. The number of hydrogen-bond donors (Lipinski definition) is 1. The average Bonchev–Trinajstić information content (AvgIpc) is 2.35. The highest BCUT2D eigenvalue weighted by Gasteiger charge is 2.25. The van der Waals surface area contributed by atoms with Crippen molar-refractivity contribution in [2.75, 3.05) is 19.6 Å². The van der Waals surface area contributed by atoms with E-state index in [1.807, 2.05) is 0 Å². The molecule has 0 bridgehead atoms. The Morgan fingerprint density at radius 1 is 1.35 bits per heavy atom. The summed E-state index contributed by atoms with van der Waals surface area (Å²) < 4.78 is 0. The molecule has 1 aliphatic rings. The summed E-state index contributed by atoms with van der Waals surface area (Å²) in [5, 5.41) is 8.95. The summed E-state index contributed by atoms with van der Waals surface area (Å²) in [5.74, 6) is 0.0981. The molecule has 3 heteroatoms. The van der Waals surface area contributed by atoms with Gasteiger partial charge in [-0.3, -0.25) is 4.79 Å². The van der Waals surface area contributed by atoms with Gasteiger partial charge < -0.3 is 10.0 Å². The van der Waals surface area contributed by atoms with E-state index in [0.29, 0.717) is 0 Å². The summed E-state index contributed by atoms with van der Waals surface area (Å²) in [5.41, 5.74) is 0. The van der Waals surface area contributed by atoms with E-state index < -0.39 is 5.97 Å². The van der Waals surface area contributed by atoms with Crippen LogP contribution < -0.4 is 0 Å². The molecule has 1 aliphatic heterocycles. The van der Waals surface area contributed by atoms with Gasteiger partial charge in [0.1, 0.15) is 0 Å². The van der Waals surface area contributed by atoms with E-state index in [4.69, 9.17) is 5.11 Å². The third-order valence-corrected chi connectivity index (χ3v) is 4.00. The summed E-state index contributed by atoms with van der Waals surface area (Å²) in [7, 11) is 0. The van der Waals surface area contributed by atoms with Gasteiger partial charge in [-0.1, -0.05) is 33.1 Å². The molecule has 3 nitrogen and oxygen atoms in total. The van der Waals surface area contributed by atoms with Crippen LogP contribution in [0.5, 0.6) is 0 Å². The molecular weight excluding hydrogens is 214 g/mol. The number of carboxylic acid groups (broad SMARTS) is 1. The van der Waals surface area contributed by atoms with Crippen LogP contribution in [-0.2, 0) is 4.79 Å². The van der Waals surface area contributed by atoms with Gasteiger partial charge in [-0.15, -0.1) is 0 Å². The van der Waals surface area contributed by atoms with Crippen molar-refractivity contribution in [3.05, 3.63) is 0 Å². The second-order valence-corrected chi connectivity index (χ2v) is 5.33. The average molecular weight is 241 g/mol. The predicted molar refractivity (Wildman–Crippen MR) is 70.1 cm³/mol. The van der Waals surface area contributed by atoms with Gasteiger partial charge >= 0.3 is 5.97 Å². The first-order valence-corrected chi connectivity index (χ1v) is 7.12. The van der Waals surface area contributed by atoms with Crippen LogP contribution in [0.15, 0.2) is 0 Å². The quantitative estimate of drug-likeness (QED) is 0.745. The smallest absolute Gasteiger partial charge is 0.306 e. The lowest BCUT2D eigenvalue weighted by molar-refractivity contribution is -0.143. The molecule has 1 saturated heterocycles. The third-order valence-electron chi connectivity index (χ3n) is 4.00. The van der Waals surface area contributed by atoms with E-state index in [1.54, 1.807) is 0 Å². The number of hydrogen-bond acceptors (Lipinski definition) is 2. The molecule has 1 rings (SSSR count). The highest BCUT2D eigenvalue weighted by molar-refractivity contribution is 5.70. The number of carboxylic acids is 1. The first kappa shape index (κ1) is 14.5. The first-order chi connectivity index (χ1) is 8.17. The van der Waals surface area contributed by atoms with Gasteiger partial charge in [0, 0.05) is 6.54 Å². The first-order valence-electron chi connectivity index (χ1n) is 7.12. The second kappa shape index (κ2) is 7.70. The van der Waals surface area contributed by atoms with Crippen LogP contribution in [0.25, 0.3) is 0 Å². The molecule has 100 valence electrons. The molecule has 17 heavy (non-hydrogen) atoms. The minimum absolute atomic E-state index is 0.0954. The summed E-state index contributed by atoms with van der Waals surface area (Å²) in [4.78, 5) is 13.3. The molecule has 0 saturated carbocycles. The van der Waals surface area contributed by atoms with E-state index in [2.05, 4.69) is 18.7 Å². The minimum atomic E-state index is -0.609. The molecule has 1 N–H and O–H groups in total. The largest absolute Gasteiger partial charge is 0.481 e. The summed E-state index contributed by atoms with van der Waals surface area (Å²) in [6.07, 6.45) is 6.84. The molecule has 0 amide bonds. The van der Waals surface area contributed by atoms with Crippen LogP contribution >= 0.6 is 0 Å². The molecule has 1 atom stereocenters. The number of likely N-dealkylation sites (tertiary alicyclic amines) is 1. The molecule has 1 unspecified atom stereocenters. The lowest BCUT2D eigenvalue weighted by Gasteiger charge is -2.32. The van der Waals surface area contributed by atoms with Crippen molar-refractivity contribution >= 4 is 5.97 Å². The van der Waals surface area contributed by atoms with Crippen LogP contribution in [0.2, 0.25) is 0 Å². The van der Waals surface area contributed by atoms with E-state index in [9.17, 15) is 4.79 Å². The van der Waals surface area contributed by atoms with Crippen LogP contribution in [0.1, 0.15) is 52.4 Å². The van der Waals surface area contributed by atoms with Crippen molar-refractivity contribution in [1.82, 2.24) is 4.90 Å². The molecule has 1 fully saturated rings. The second-order valence-electron chi connectivity index (χ2n) is 5.33. The van der Waals surface area contributed by atoms with E-state index in [0.717, 1.165) is 31.8 Å². The lowest BCUT2D eigenvalue weighted by atomic mass is 9.94.